The molecule has 0 unspecified atom stereocenters. The Hall–Kier alpha value is -3.73. The normalized spacial score (nSPS) is 14.7. The van der Waals surface area contributed by atoms with Gasteiger partial charge >= 0.3 is 22.3 Å². The lowest BCUT2D eigenvalue weighted by atomic mass is 10.2. The summed E-state index contributed by atoms with van der Waals surface area (Å²) in [5.41, 5.74) is -1.26. The third-order valence-electron chi connectivity index (χ3n) is 6.79. The summed E-state index contributed by atoms with van der Waals surface area (Å²) >= 11 is 0. The number of piperazine rings is 1. The van der Waals surface area contributed by atoms with Crippen molar-refractivity contribution in [3.8, 4) is 11.5 Å². The average Bonchev–Trinajstić information content (AvgIpc) is 3.00. The number of hydroxylamine groups is 2. The number of hydrogen-bond acceptors (Lipinski definition) is 14. The minimum atomic E-state index is -4.72. The van der Waals surface area contributed by atoms with Gasteiger partial charge in [-0.2, -0.15) is 17.0 Å². The lowest BCUT2D eigenvalue weighted by Crippen LogP contribution is -2.50. The van der Waals surface area contributed by atoms with Crippen molar-refractivity contribution in [2.24, 2.45) is 0 Å². The highest BCUT2D eigenvalue weighted by Crippen LogP contribution is 2.30. The van der Waals surface area contributed by atoms with Crippen molar-refractivity contribution in [1.82, 2.24) is 19.0 Å². The minimum absolute atomic E-state index is 0. The SMILES string of the molecule is Cc1cc(OCCCON(C(=N)NC(=O)OC(C)(C)C)C(=O)OC(C)(C)C)cc(OS(=O)(=O)c2ccccc2S(=O)(=O)N2CCN(S(C)(=O)=O)CC2)c1.Cl. The summed E-state index contributed by atoms with van der Waals surface area (Å²) < 4.78 is 102. The summed E-state index contributed by atoms with van der Waals surface area (Å²) in [7, 11) is -12.6. The smallest absolute Gasteiger partial charge is 0.442 e. The molecule has 2 N–H and O–H groups in total. The predicted octanol–water partition coefficient (Wildman–Crippen LogP) is 3.85. The summed E-state index contributed by atoms with van der Waals surface area (Å²) in [6.45, 7) is 10.7. The zero-order valence-electron chi connectivity index (χ0n) is 31.3. The van der Waals surface area contributed by atoms with Crippen LogP contribution in [0, 0.1) is 12.3 Å². The van der Waals surface area contributed by atoms with E-state index in [0.717, 1.165) is 27.0 Å². The van der Waals surface area contributed by atoms with Crippen molar-refractivity contribution < 1.29 is 58.1 Å². The van der Waals surface area contributed by atoms with Gasteiger partial charge in [-0.25, -0.2) is 26.4 Å². The maximum atomic E-state index is 13.6. The average molecular weight is 842 g/mol. The van der Waals surface area contributed by atoms with Gasteiger partial charge in [-0.3, -0.25) is 15.6 Å². The molecule has 22 heteroatoms. The Morgan fingerprint density at radius 3 is 1.91 bits per heavy atom. The standard InChI is InChI=1S/C32H47N5O13S3.ClH/c1-23-20-24(46-18-11-19-47-37(30(39)49-32(5,6)7)28(33)34-29(38)48-31(2,3)4)22-25(21-23)50-53(44,45)27-13-10-9-12-26(27)52(42,43)36-16-14-35(15-17-36)51(8,40)41;/h9-10,12-13,20-22H,11,14-19H2,1-8H3,(H2,33,34,38);1H. The highest BCUT2D eigenvalue weighted by atomic mass is 35.5. The van der Waals surface area contributed by atoms with E-state index in [2.05, 4.69) is 5.32 Å². The molecular weight excluding hydrogens is 794 g/mol. The second-order valence-electron chi connectivity index (χ2n) is 13.8. The Morgan fingerprint density at radius 2 is 1.35 bits per heavy atom. The van der Waals surface area contributed by atoms with E-state index in [1.165, 1.54) is 24.3 Å². The number of nitrogens with zero attached hydrogens (tertiary/aromatic N) is 3. The molecule has 0 aliphatic carbocycles. The van der Waals surface area contributed by atoms with Gasteiger partial charge in [0, 0.05) is 38.7 Å². The van der Waals surface area contributed by atoms with Gasteiger partial charge in [0.1, 0.15) is 32.5 Å². The van der Waals surface area contributed by atoms with Crippen LogP contribution in [0.3, 0.4) is 0 Å². The number of aryl methyl sites for hydroxylation is 1. The van der Waals surface area contributed by atoms with E-state index >= 15 is 0 Å². The largest absolute Gasteiger partial charge is 0.493 e. The number of amides is 2. The van der Waals surface area contributed by atoms with Gasteiger partial charge in [0.05, 0.1) is 19.5 Å². The van der Waals surface area contributed by atoms with Crippen LogP contribution < -0.4 is 14.2 Å². The number of halogens is 1. The third-order valence-corrected chi connectivity index (χ3v) is 11.5. The number of carbonyl (C=O) groups is 2. The molecule has 1 aliphatic rings. The number of sulfonamides is 2. The fraction of sp³-hybridized carbons (Fsp3) is 0.531. The van der Waals surface area contributed by atoms with E-state index in [1.54, 1.807) is 54.5 Å². The van der Waals surface area contributed by atoms with Crippen molar-refractivity contribution in [2.75, 3.05) is 45.6 Å². The fourth-order valence-electron chi connectivity index (χ4n) is 4.64. The third kappa shape index (κ3) is 13.8. The molecule has 0 bridgehead atoms. The van der Waals surface area contributed by atoms with Crippen LogP contribution in [0.5, 0.6) is 11.5 Å². The zero-order valence-corrected chi connectivity index (χ0v) is 34.5. The van der Waals surface area contributed by atoms with Gasteiger partial charge in [-0.1, -0.05) is 12.1 Å². The molecule has 0 aromatic heterocycles. The summed E-state index contributed by atoms with van der Waals surface area (Å²) in [5.74, 6) is -0.717. The van der Waals surface area contributed by atoms with Crippen molar-refractivity contribution in [1.29, 1.82) is 5.41 Å². The lowest BCUT2D eigenvalue weighted by Gasteiger charge is -2.32. The molecule has 2 aromatic carbocycles. The predicted molar refractivity (Wildman–Crippen MR) is 199 cm³/mol. The summed E-state index contributed by atoms with van der Waals surface area (Å²) in [4.78, 5) is 29.2. The minimum Gasteiger partial charge on any atom is -0.493 e. The molecule has 304 valence electrons. The summed E-state index contributed by atoms with van der Waals surface area (Å²) in [5, 5.41) is 10.8. The highest BCUT2D eigenvalue weighted by Gasteiger charge is 2.36. The van der Waals surface area contributed by atoms with E-state index < -0.39 is 69.3 Å². The molecule has 0 radical (unpaired) electrons. The number of hydrogen-bond donors (Lipinski definition) is 2. The van der Waals surface area contributed by atoms with Crippen LogP contribution >= 0.6 is 12.4 Å². The molecule has 2 aromatic rings. The maximum absolute atomic E-state index is 13.6. The summed E-state index contributed by atoms with van der Waals surface area (Å²) in [6.07, 6.45) is -0.883. The first-order valence-corrected chi connectivity index (χ1v) is 21.0. The molecule has 2 amide bonds. The molecule has 1 aliphatic heterocycles. The number of carbonyl (C=O) groups excluding carboxylic acids is 2. The van der Waals surface area contributed by atoms with Gasteiger partial charge < -0.3 is 18.4 Å². The van der Waals surface area contributed by atoms with Crippen LogP contribution in [0.25, 0.3) is 0 Å². The topological polar surface area (TPSA) is 228 Å². The van der Waals surface area contributed by atoms with Crippen LogP contribution in [-0.2, 0) is 44.5 Å². The van der Waals surface area contributed by atoms with E-state index in [1.807, 2.05) is 0 Å². The molecule has 3 rings (SSSR count). The fourth-order valence-corrected chi connectivity index (χ4v) is 8.58. The zero-order chi connectivity index (χ0) is 40.0. The van der Waals surface area contributed by atoms with Gasteiger partial charge in [-0.05, 0) is 78.3 Å². The Labute approximate surface area is 323 Å². The Kier molecular flexibility index (Phi) is 15.7. The molecular formula is C32H48ClN5O13S3. The van der Waals surface area contributed by atoms with Crippen LogP contribution in [0.15, 0.2) is 52.3 Å². The monoisotopic (exact) mass is 841 g/mol. The molecule has 0 spiro atoms. The van der Waals surface area contributed by atoms with Crippen molar-refractivity contribution >= 4 is 60.7 Å². The first kappa shape index (κ1) is 46.4. The highest BCUT2D eigenvalue weighted by molar-refractivity contribution is 7.91. The van der Waals surface area contributed by atoms with Crippen molar-refractivity contribution in [2.45, 2.75) is 75.9 Å². The van der Waals surface area contributed by atoms with Gasteiger partial charge in [-0.15, -0.1) is 17.5 Å². The van der Waals surface area contributed by atoms with E-state index in [0.29, 0.717) is 10.6 Å². The molecule has 1 fully saturated rings. The quantitative estimate of drug-likeness (QED) is 0.102. The van der Waals surface area contributed by atoms with Gasteiger partial charge in [0.25, 0.3) is 0 Å². The van der Waals surface area contributed by atoms with Crippen LogP contribution in [0.1, 0.15) is 53.5 Å². The number of benzene rings is 2. The summed E-state index contributed by atoms with van der Waals surface area (Å²) in [6, 6.07) is 9.27. The van der Waals surface area contributed by atoms with Crippen molar-refractivity contribution in [3.63, 3.8) is 0 Å². The van der Waals surface area contributed by atoms with Gasteiger partial charge in [0.15, 0.2) is 0 Å². The molecule has 1 saturated heterocycles. The molecule has 54 heavy (non-hydrogen) atoms. The Morgan fingerprint density at radius 1 is 0.815 bits per heavy atom. The number of guanidine groups is 1. The van der Waals surface area contributed by atoms with Gasteiger partial charge in [0.2, 0.25) is 26.0 Å². The molecule has 0 atom stereocenters. The van der Waals surface area contributed by atoms with Crippen LogP contribution in [0.4, 0.5) is 9.59 Å². The Balaban J connectivity index is 0.0000101. The first-order valence-electron chi connectivity index (χ1n) is 16.3. The molecule has 1 heterocycles. The maximum Gasteiger partial charge on any atom is 0.442 e. The van der Waals surface area contributed by atoms with Crippen molar-refractivity contribution in [3.05, 3.63) is 48.0 Å². The van der Waals surface area contributed by atoms with Crippen LogP contribution in [-0.4, -0.2) is 114 Å². The second-order valence-corrected chi connectivity index (χ2v) is 19.2. The number of ether oxygens (including phenoxy) is 3. The lowest BCUT2D eigenvalue weighted by molar-refractivity contribution is -0.104. The Bertz CT molecular complexity index is 1990. The molecule has 0 saturated carbocycles. The van der Waals surface area contributed by atoms with E-state index in [-0.39, 0.29) is 69.7 Å². The van der Waals surface area contributed by atoms with Crippen LogP contribution in [0.2, 0.25) is 0 Å². The molecule has 18 nitrogen and oxygen atoms in total. The first-order chi connectivity index (χ1) is 24.3. The van der Waals surface area contributed by atoms with E-state index in [9.17, 15) is 34.8 Å². The second kappa shape index (κ2) is 18.3. The van der Waals surface area contributed by atoms with E-state index in [4.69, 9.17) is 28.6 Å². The number of nitrogens with one attached hydrogen (secondary N) is 2. The number of rotatable bonds is 12. The number of alkyl carbamates (subject to hydrolysis) is 1.